The smallest absolute Gasteiger partial charge is 0.306 e. The Morgan fingerprint density at radius 3 is 2.05 bits per heavy atom. The lowest BCUT2D eigenvalue weighted by Gasteiger charge is -2.60. The van der Waals surface area contributed by atoms with Gasteiger partial charge in [-0.2, -0.15) is 0 Å². The van der Waals surface area contributed by atoms with Crippen molar-refractivity contribution in [3.8, 4) is 0 Å². The second kappa shape index (κ2) is 14.2. The van der Waals surface area contributed by atoms with Crippen molar-refractivity contribution in [1.29, 1.82) is 0 Å². The van der Waals surface area contributed by atoms with Gasteiger partial charge in [-0.25, -0.2) is 0 Å². The number of rotatable bonds is 15. The zero-order valence-electron chi connectivity index (χ0n) is 25.4. The third-order valence-corrected chi connectivity index (χ3v) is 12.1. The Morgan fingerprint density at radius 1 is 0.763 bits per heavy atom. The van der Waals surface area contributed by atoms with Crippen molar-refractivity contribution in [3.63, 3.8) is 0 Å². The minimum Gasteiger partial charge on any atom is -0.462 e. The van der Waals surface area contributed by atoms with Gasteiger partial charge >= 0.3 is 5.97 Å². The fraction of sp³-hybridized carbons (Fsp3) is 0.943. The van der Waals surface area contributed by atoms with E-state index < -0.39 is 0 Å². The van der Waals surface area contributed by atoms with Gasteiger partial charge in [0.15, 0.2) is 0 Å². The molecule has 218 valence electrons. The van der Waals surface area contributed by atoms with Crippen LogP contribution < -0.4 is 0 Å². The van der Waals surface area contributed by atoms with Gasteiger partial charge in [-0.1, -0.05) is 97.8 Å². The number of fused-ring (bicyclic) bond motifs is 5. The number of Topliss-reactive ketones (excluding diaryl/α,β-unsaturated/α-hetero) is 1. The van der Waals surface area contributed by atoms with Crippen molar-refractivity contribution >= 4 is 11.8 Å². The molecule has 0 aromatic heterocycles. The molecule has 0 heterocycles. The first-order valence-electron chi connectivity index (χ1n) is 17.1. The maximum atomic E-state index is 12.7. The van der Waals surface area contributed by atoms with Crippen molar-refractivity contribution in [1.82, 2.24) is 0 Å². The number of esters is 1. The highest BCUT2D eigenvalue weighted by molar-refractivity contribution is 5.87. The summed E-state index contributed by atoms with van der Waals surface area (Å²) in [6, 6.07) is 0. The van der Waals surface area contributed by atoms with Gasteiger partial charge < -0.3 is 4.74 Å². The molecular weight excluding hydrogens is 468 g/mol. The molecular formula is C35H60O3. The molecule has 0 unspecified atom stereocenters. The van der Waals surface area contributed by atoms with Crippen LogP contribution in [0.2, 0.25) is 0 Å². The first-order chi connectivity index (χ1) is 18.4. The summed E-state index contributed by atoms with van der Waals surface area (Å²) in [5.41, 5.74) is 0.360. The van der Waals surface area contributed by atoms with Crippen LogP contribution in [-0.2, 0) is 14.3 Å². The number of carbonyl (C=O) groups is 2. The lowest BCUT2D eigenvalue weighted by atomic mass is 9.45. The van der Waals surface area contributed by atoms with Crippen LogP contribution >= 0.6 is 0 Å². The van der Waals surface area contributed by atoms with Gasteiger partial charge in [0.25, 0.3) is 0 Å². The Kier molecular flexibility index (Phi) is 11.2. The van der Waals surface area contributed by atoms with Gasteiger partial charge in [-0.3, -0.25) is 9.59 Å². The summed E-state index contributed by atoms with van der Waals surface area (Å²) in [5.74, 6) is 3.43. The predicted molar refractivity (Wildman–Crippen MR) is 157 cm³/mol. The highest BCUT2D eigenvalue weighted by Crippen LogP contribution is 2.65. The third-order valence-electron chi connectivity index (χ3n) is 12.1. The van der Waals surface area contributed by atoms with Crippen molar-refractivity contribution in [2.24, 2.45) is 34.5 Å². The normalized spacial score (nSPS) is 36.4. The molecule has 0 aromatic carbocycles. The second-order valence-electron chi connectivity index (χ2n) is 14.5. The first kappa shape index (κ1) is 30.1. The van der Waals surface area contributed by atoms with E-state index in [1.54, 1.807) is 0 Å². The zero-order valence-corrected chi connectivity index (χ0v) is 25.4. The number of hydrogen-bond acceptors (Lipinski definition) is 3. The molecule has 3 nitrogen and oxygen atoms in total. The topological polar surface area (TPSA) is 43.4 Å². The Hall–Kier alpha value is -0.860. The van der Waals surface area contributed by atoms with Gasteiger partial charge in [-0.15, -0.1) is 0 Å². The molecule has 7 atom stereocenters. The van der Waals surface area contributed by atoms with Crippen LogP contribution in [0.3, 0.4) is 0 Å². The standard InChI is InChI=1S/C35H60O3/c1-4-5-6-7-8-9-10-11-12-13-14-15-16-17-33(37)38-28-22-24-34(2)27(26-28)18-19-29-30-20-21-32(36)35(30,3)25-23-31(29)34/h27-31H,4-26H2,1-3H3/t27-,28-,29-,30-,31-,34-,35-/m0/s1. The fourth-order valence-corrected chi connectivity index (χ4v) is 9.63. The number of ether oxygens (including phenoxy) is 1. The van der Waals surface area contributed by atoms with Gasteiger partial charge in [0.05, 0.1) is 0 Å². The summed E-state index contributed by atoms with van der Waals surface area (Å²) < 4.78 is 6.04. The third kappa shape index (κ3) is 7.06. The van der Waals surface area contributed by atoms with Crippen molar-refractivity contribution in [2.45, 2.75) is 175 Å². The number of carbonyl (C=O) groups excluding carboxylic acids is 2. The summed E-state index contributed by atoms with van der Waals surface area (Å²) in [6.07, 6.45) is 28.3. The van der Waals surface area contributed by atoms with Gasteiger partial charge in [0, 0.05) is 18.3 Å². The van der Waals surface area contributed by atoms with Crippen molar-refractivity contribution in [3.05, 3.63) is 0 Å². The van der Waals surface area contributed by atoms with Crippen LogP contribution in [0, 0.1) is 34.5 Å². The molecule has 0 aliphatic heterocycles. The molecule has 0 N–H and O–H groups in total. The summed E-state index contributed by atoms with van der Waals surface area (Å²) in [4.78, 5) is 25.3. The lowest BCUT2D eigenvalue weighted by molar-refractivity contribution is -0.162. The second-order valence-corrected chi connectivity index (χ2v) is 14.5. The van der Waals surface area contributed by atoms with Gasteiger partial charge in [0.2, 0.25) is 0 Å². The summed E-state index contributed by atoms with van der Waals surface area (Å²) >= 11 is 0. The van der Waals surface area contributed by atoms with Gasteiger partial charge in [0.1, 0.15) is 11.9 Å². The maximum absolute atomic E-state index is 12.7. The van der Waals surface area contributed by atoms with E-state index in [1.165, 1.54) is 103 Å². The maximum Gasteiger partial charge on any atom is 0.306 e. The number of hydrogen-bond donors (Lipinski definition) is 0. The largest absolute Gasteiger partial charge is 0.462 e. The van der Waals surface area contributed by atoms with E-state index in [-0.39, 0.29) is 17.5 Å². The minimum atomic E-state index is -0.0232. The zero-order chi connectivity index (χ0) is 27.0. The number of unbranched alkanes of at least 4 members (excludes halogenated alkanes) is 12. The van der Waals surface area contributed by atoms with E-state index in [1.807, 2.05) is 0 Å². The first-order valence-corrected chi connectivity index (χ1v) is 17.1. The van der Waals surface area contributed by atoms with E-state index in [4.69, 9.17) is 4.74 Å². The Morgan fingerprint density at radius 2 is 1.39 bits per heavy atom. The Balaban J connectivity index is 1.07. The molecule has 0 amide bonds. The molecule has 0 saturated heterocycles. The number of ketones is 1. The van der Waals surface area contributed by atoms with Crippen LogP contribution in [0.4, 0.5) is 0 Å². The SMILES string of the molecule is CCCCCCCCCCCCCCCC(=O)O[C@H]1CC[C@@]2(C)[C@@H](CC[C@@H]3[C@@H]2CC[C@]2(C)C(=O)CC[C@@H]32)C1. The molecule has 0 aromatic rings. The van der Waals surface area contributed by atoms with Crippen LogP contribution in [0.15, 0.2) is 0 Å². The van der Waals surface area contributed by atoms with Crippen molar-refractivity contribution in [2.75, 3.05) is 0 Å². The van der Waals surface area contributed by atoms with Crippen LogP contribution in [0.5, 0.6) is 0 Å². The minimum absolute atomic E-state index is 0.0232. The van der Waals surface area contributed by atoms with E-state index in [0.717, 1.165) is 50.4 Å². The molecule has 3 heteroatoms. The molecule has 4 fully saturated rings. The van der Waals surface area contributed by atoms with Crippen LogP contribution in [0.25, 0.3) is 0 Å². The highest BCUT2D eigenvalue weighted by atomic mass is 16.5. The molecule has 38 heavy (non-hydrogen) atoms. The molecule has 4 aliphatic rings. The molecule has 0 spiro atoms. The lowest BCUT2D eigenvalue weighted by Crippen LogP contribution is -2.54. The summed E-state index contributed by atoms with van der Waals surface area (Å²) in [5, 5.41) is 0. The van der Waals surface area contributed by atoms with Crippen LogP contribution in [0.1, 0.15) is 168 Å². The van der Waals surface area contributed by atoms with Crippen molar-refractivity contribution < 1.29 is 14.3 Å². The Bertz CT molecular complexity index is 760. The fourth-order valence-electron chi connectivity index (χ4n) is 9.63. The predicted octanol–water partition coefficient (Wildman–Crippen LogP) is 9.99. The average molecular weight is 529 g/mol. The summed E-state index contributed by atoms with van der Waals surface area (Å²) in [6.45, 7) is 7.12. The quantitative estimate of drug-likeness (QED) is 0.157. The molecule has 0 radical (unpaired) electrons. The summed E-state index contributed by atoms with van der Waals surface area (Å²) in [7, 11) is 0. The molecule has 4 saturated carbocycles. The molecule has 4 rings (SSSR count). The van der Waals surface area contributed by atoms with E-state index in [9.17, 15) is 9.59 Å². The van der Waals surface area contributed by atoms with Gasteiger partial charge in [-0.05, 0) is 86.9 Å². The highest BCUT2D eigenvalue weighted by Gasteiger charge is 2.60. The Labute approximate surface area is 235 Å². The van der Waals surface area contributed by atoms with E-state index >= 15 is 0 Å². The van der Waals surface area contributed by atoms with E-state index in [2.05, 4.69) is 20.8 Å². The van der Waals surface area contributed by atoms with Crippen LogP contribution in [-0.4, -0.2) is 17.9 Å². The monoisotopic (exact) mass is 528 g/mol. The average Bonchev–Trinajstić information content (AvgIpc) is 3.21. The molecule has 4 aliphatic carbocycles. The van der Waals surface area contributed by atoms with E-state index in [0.29, 0.717) is 29.5 Å². The molecule has 0 bridgehead atoms.